The molecule has 0 spiro atoms. The predicted octanol–water partition coefficient (Wildman–Crippen LogP) is 3.87. The van der Waals surface area contributed by atoms with Gasteiger partial charge in [0.1, 0.15) is 5.69 Å². The number of pyridine rings is 1. The number of benzene rings is 2. The second-order valence-corrected chi connectivity index (χ2v) is 6.34. The van der Waals surface area contributed by atoms with Crippen molar-refractivity contribution in [3.8, 4) is 11.3 Å². The maximum absolute atomic E-state index is 6.20. The topological polar surface area (TPSA) is 77.0 Å². The van der Waals surface area contributed by atoms with Gasteiger partial charge in [-0.15, -0.1) is 0 Å². The van der Waals surface area contributed by atoms with E-state index in [2.05, 4.69) is 33.7 Å². The minimum atomic E-state index is -0.000816. The van der Waals surface area contributed by atoms with Gasteiger partial charge in [-0.1, -0.05) is 47.6 Å². The number of aromatic nitrogens is 2. The molecule has 0 radical (unpaired) electrons. The first-order valence-electron chi connectivity index (χ1n) is 8.62. The van der Waals surface area contributed by atoms with Crippen LogP contribution in [0.5, 0.6) is 0 Å². The molecule has 2 aromatic carbocycles. The molecule has 4 rings (SSSR count). The average Bonchev–Trinajstić information content (AvgIpc) is 3.16. The number of rotatable bonds is 6. The van der Waals surface area contributed by atoms with Gasteiger partial charge in [0, 0.05) is 42.0 Å². The summed E-state index contributed by atoms with van der Waals surface area (Å²) in [5.41, 5.74) is 9.23. The third-order valence-electron chi connectivity index (χ3n) is 4.33. The standard InChI is InChI=1S/C21H20N4O/c22-19(10-15-4-2-1-3-5-15)14-24-21-12-20(25-26-21)17-6-7-18-13-23-9-8-16(18)11-17/h1-9,11-13,19,24H,10,14,22H2/t19-/m0/s1. The Bertz CT molecular complexity index is 997. The summed E-state index contributed by atoms with van der Waals surface area (Å²) in [5.74, 6) is 0.623. The Labute approximate surface area is 151 Å². The lowest BCUT2D eigenvalue weighted by Gasteiger charge is -2.11. The van der Waals surface area contributed by atoms with Crippen molar-refractivity contribution in [1.82, 2.24) is 10.1 Å². The molecule has 26 heavy (non-hydrogen) atoms. The van der Waals surface area contributed by atoms with Gasteiger partial charge in [-0.3, -0.25) is 4.98 Å². The van der Waals surface area contributed by atoms with Crippen molar-refractivity contribution in [3.05, 3.63) is 78.6 Å². The first-order chi connectivity index (χ1) is 12.8. The molecule has 0 aliphatic rings. The van der Waals surface area contributed by atoms with E-state index in [-0.39, 0.29) is 6.04 Å². The highest BCUT2D eigenvalue weighted by Gasteiger charge is 2.09. The van der Waals surface area contributed by atoms with Crippen molar-refractivity contribution < 1.29 is 4.52 Å². The number of anilines is 1. The zero-order chi connectivity index (χ0) is 17.8. The highest BCUT2D eigenvalue weighted by atomic mass is 16.5. The largest absolute Gasteiger partial charge is 0.352 e. The van der Waals surface area contributed by atoms with Gasteiger partial charge in [0.05, 0.1) is 0 Å². The highest BCUT2D eigenvalue weighted by molar-refractivity contribution is 5.86. The van der Waals surface area contributed by atoms with E-state index in [1.54, 1.807) is 6.20 Å². The average molecular weight is 344 g/mol. The fourth-order valence-electron chi connectivity index (χ4n) is 2.96. The third kappa shape index (κ3) is 3.73. The monoisotopic (exact) mass is 344 g/mol. The van der Waals surface area contributed by atoms with Crippen LogP contribution in [0.1, 0.15) is 5.56 Å². The van der Waals surface area contributed by atoms with Gasteiger partial charge in [0.25, 0.3) is 0 Å². The van der Waals surface area contributed by atoms with E-state index in [1.165, 1.54) is 5.56 Å². The summed E-state index contributed by atoms with van der Waals surface area (Å²) in [4.78, 5) is 4.13. The highest BCUT2D eigenvalue weighted by Crippen LogP contribution is 2.25. The van der Waals surface area contributed by atoms with E-state index in [1.807, 2.05) is 48.7 Å². The van der Waals surface area contributed by atoms with Crippen LogP contribution in [0.4, 0.5) is 5.88 Å². The van der Waals surface area contributed by atoms with Crippen molar-refractivity contribution in [2.75, 3.05) is 11.9 Å². The summed E-state index contributed by atoms with van der Waals surface area (Å²) in [7, 11) is 0. The van der Waals surface area contributed by atoms with Crippen molar-refractivity contribution in [3.63, 3.8) is 0 Å². The van der Waals surface area contributed by atoms with E-state index in [0.29, 0.717) is 12.4 Å². The van der Waals surface area contributed by atoms with Crippen molar-refractivity contribution in [2.24, 2.45) is 5.73 Å². The molecule has 0 aliphatic carbocycles. The Morgan fingerprint density at radius 2 is 1.88 bits per heavy atom. The van der Waals surface area contributed by atoms with E-state index in [4.69, 9.17) is 10.3 Å². The maximum atomic E-state index is 6.20. The van der Waals surface area contributed by atoms with Gasteiger partial charge in [-0.05, 0) is 29.5 Å². The summed E-state index contributed by atoms with van der Waals surface area (Å²) in [6.07, 6.45) is 4.45. The molecule has 5 heteroatoms. The Kier molecular flexibility index (Phi) is 4.62. The number of fused-ring (bicyclic) bond motifs is 1. The fraction of sp³-hybridized carbons (Fsp3) is 0.143. The summed E-state index contributed by atoms with van der Waals surface area (Å²) in [6, 6.07) is 20.3. The smallest absolute Gasteiger partial charge is 0.225 e. The number of nitrogens with one attached hydrogen (secondary N) is 1. The van der Waals surface area contributed by atoms with Crippen LogP contribution in [0.3, 0.4) is 0 Å². The van der Waals surface area contributed by atoms with Crippen LogP contribution in [-0.4, -0.2) is 22.7 Å². The van der Waals surface area contributed by atoms with Crippen molar-refractivity contribution in [2.45, 2.75) is 12.5 Å². The fourth-order valence-corrected chi connectivity index (χ4v) is 2.96. The zero-order valence-electron chi connectivity index (χ0n) is 14.3. The minimum Gasteiger partial charge on any atom is -0.352 e. The quantitative estimate of drug-likeness (QED) is 0.555. The molecule has 0 amide bonds. The summed E-state index contributed by atoms with van der Waals surface area (Å²) in [6.45, 7) is 0.618. The lowest BCUT2D eigenvalue weighted by Crippen LogP contribution is -2.31. The molecule has 2 heterocycles. The van der Waals surface area contributed by atoms with E-state index < -0.39 is 0 Å². The Hall–Kier alpha value is -3.18. The maximum Gasteiger partial charge on any atom is 0.225 e. The number of nitrogens with two attached hydrogens (primary N) is 1. The second kappa shape index (κ2) is 7.37. The molecular weight excluding hydrogens is 324 g/mol. The van der Waals surface area contributed by atoms with Gasteiger partial charge in [-0.25, -0.2) is 0 Å². The van der Waals surface area contributed by atoms with E-state index in [9.17, 15) is 0 Å². The lowest BCUT2D eigenvalue weighted by molar-refractivity contribution is 0.433. The molecule has 2 aromatic heterocycles. The molecule has 0 bridgehead atoms. The van der Waals surface area contributed by atoms with E-state index in [0.717, 1.165) is 28.5 Å². The summed E-state index contributed by atoms with van der Waals surface area (Å²) in [5, 5.41) is 9.62. The van der Waals surface area contributed by atoms with Gasteiger partial charge < -0.3 is 15.6 Å². The molecule has 0 fully saturated rings. The molecule has 0 unspecified atom stereocenters. The molecule has 0 saturated heterocycles. The molecule has 0 saturated carbocycles. The van der Waals surface area contributed by atoms with Gasteiger partial charge >= 0.3 is 0 Å². The normalized spacial score (nSPS) is 12.2. The van der Waals surface area contributed by atoms with Crippen LogP contribution in [-0.2, 0) is 6.42 Å². The molecular formula is C21H20N4O. The lowest BCUT2D eigenvalue weighted by atomic mass is 10.1. The van der Waals surface area contributed by atoms with Crippen molar-refractivity contribution >= 4 is 16.7 Å². The third-order valence-corrected chi connectivity index (χ3v) is 4.33. The minimum absolute atomic E-state index is 0.000816. The zero-order valence-corrected chi connectivity index (χ0v) is 14.3. The van der Waals surface area contributed by atoms with Crippen LogP contribution < -0.4 is 11.1 Å². The van der Waals surface area contributed by atoms with Gasteiger partial charge in [0.2, 0.25) is 5.88 Å². The number of hydrogen-bond donors (Lipinski definition) is 2. The first kappa shape index (κ1) is 16.3. The number of hydrogen-bond acceptors (Lipinski definition) is 5. The van der Waals surface area contributed by atoms with Crippen LogP contribution >= 0.6 is 0 Å². The van der Waals surface area contributed by atoms with Crippen LogP contribution in [0.25, 0.3) is 22.0 Å². The SMILES string of the molecule is N[C@H](CNc1cc(-c2ccc3cnccc3c2)no1)Cc1ccccc1. The van der Waals surface area contributed by atoms with Gasteiger partial charge in [0.15, 0.2) is 0 Å². The number of nitrogens with zero attached hydrogens (tertiary/aromatic N) is 2. The van der Waals surface area contributed by atoms with Gasteiger partial charge in [-0.2, -0.15) is 0 Å². The predicted molar refractivity (Wildman–Crippen MR) is 104 cm³/mol. The Morgan fingerprint density at radius 1 is 1.00 bits per heavy atom. The Balaban J connectivity index is 1.41. The molecule has 0 aliphatic heterocycles. The second-order valence-electron chi connectivity index (χ2n) is 6.34. The van der Waals surface area contributed by atoms with Crippen LogP contribution in [0, 0.1) is 0 Å². The molecule has 5 nitrogen and oxygen atoms in total. The molecule has 4 aromatic rings. The Morgan fingerprint density at radius 3 is 2.77 bits per heavy atom. The summed E-state index contributed by atoms with van der Waals surface area (Å²) >= 11 is 0. The van der Waals surface area contributed by atoms with Crippen LogP contribution in [0.15, 0.2) is 77.6 Å². The molecule has 1 atom stereocenters. The van der Waals surface area contributed by atoms with E-state index >= 15 is 0 Å². The molecule has 130 valence electrons. The summed E-state index contributed by atoms with van der Waals surface area (Å²) < 4.78 is 5.40. The van der Waals surface area contributed by atoms with Crippen molar-refractivity contribution in [1.29, 1.82) is 0 Å². The van der Waals surface area contributed by atoms with Crippen LogP contribution in [0.2, 0.25) is 0 Å². The molecule has 3 N–H and O–H groups in total. The first-order valence-corrected chi connectivity index (χ1v) is 8.62.